The highest BCUT2D eigenvalue weighted by Crippen LogP contribution is 1.99. The molecule has 0 atom stereocenters. The van der Waals surface area contributed by atoms with Crippen LogP contribution in [-0.2, 0) is 0 Å². The van der Waals surface area contributed by atoms with Gasteiger partial charge in [-0.05, 0) is 13.0 Å². The quantitative estimate of drug-likeness (QED) is 0.203. The van der Waals surface area contributed by atoms with E-state index >= 15 is 0 Å². The number of aromatic amines is 5. The number of hydrogen-bond donors (Lipinski definition) is 7. The summed E-state index contributed by atoms with van der Waals surface area (Å²) in [6.07, 6.45) is 4.12. The summed E-state index contributed by atoms with van der Waals surface area (Å²) in [6.45, 7) is 4.05. The third-order valence-corrected chi connectivity index (χ3v) is 4.21. The van der Waals surface area contributed by atoms with E-state index in [0.29, 0.717) is 5.56 Å². The Balaban J connectivity index is 0.000000208. The normalized spacial score (nSPS) is 12.0. The zero-order valence-electron chi connectivity index (χ0n) is 16.7. The number of nitrogens with one attached hydrogen (secondary N) is 6. The van der Waals surface area contributed by atoms with E-state index in [1.165, 1.54) is 55.3 Å². The minimum atomic E-state index is -0.475. The van der Waals surface area contributed by atoms with Crippen LogP contribution >= 0.6 is 11.8 Å². The van der Waals surface area contributed by atoms with Crippen LogP contribution in [0.4, 0.5) is 5.82 Å². The first-order valence-corrected chi connectivity index (χ1v) is 10.1. The van der Waals surface area contributed by atoms with Crippen molar-refractivity contribution in [1.82, 2.24) is 35.2 Å². The van der Waals surface area contributed by atoms with Crippen LogP contribution in [0.1, 0.15) is 5.56 Å². The number of nitrogens with two attached hydrogens (primary N) is 1. The van der Waals surface area contributed by atoms with Crippen molar-refractivity contribution in [1.29, 1.82) is 0 Å². The third-order valence-electron chi connectivity index (χ3n) is 3.23. The molecule has 3 aromatic rings. The van der Waals surface area contributed by atoms with E-state index in [-0.39, 0.29) is 16.9 Å². The lowest BCUT2D eigenvalue weighted by atomic mass is 10.4. The molecule has 0 saturated carbocycles. The monoisotopic (exact) mass is 452 g/mol. The largest absolute Gasteiger partial charge is 0.383 e. The Bertz CT molecular complexity index is 1160. The standard InChI is InChI=1S/C5H6N2O2.C4H5N3O.C4H4N2O2.C4H9NS/c1-3-2-6-5(9)7-4(3)8;5-3-1-2-6-4(8)7-3;7-3-1-2-5-4(8)6-3;1-3-6-4-2-5-1/h2H,1H3,(H2,6,7,8,9);1-2H,(H3,5,6,7,8);1-2H,(H2,5,6,7,8);5H,1-4H2. The molecule has 1 aliphatic rings. The van der Waals surface area contributed by atoms with Gasteiger partial charge in [-0.25, -0.2) is 14.4 Å². The maximum absolute atomic E-state index is 10.6. The van der Waals surface area contributed by atoms with Gasteiger partial charge in [0, 0.05) is 54.8 Å². The highest BCUT2D eigenvalue weighted by atomic mass is 32.2. The van der Waals surface area contributed by atoms with Gasteiger partial charge < -0.3 is 26.0 Å². The summed E-state index contributed by atoms with van der Waals surface area (Å²) >= 11 is 2.03. The van der Waals surface area contributed by atoms with E-state index in [4.69, 9.17) is 5.73 Å². The first kappa shape index (κ1) is 25.4. The number of nitrogens with zero attached hydrogens (tertiary/aromatic N) is 1. The summed E-state index contributed by atoms with van der Waals surface area (Å²) in [6, 6.07) is 2.75. The Morgan fingerprint density at radius 1 is 0.903 bits per heavy atom. The Morgan fingerprint density at radius 3 is 1.90 bits per heavy atom. The summed E-state index contributed by atoms with van der Waals surface area (Å²) in [5.41, 5.74) is 3.57. The molecule has 0 bridgehead atoms. The highest BCUT2D eigenvalue weighted by molar-refractivity contribution is 7.99. The van der Waals surface area contributed by atoms with Crippen molar-refractivity contribution in [3.05, 3.63) is 88.4 Å². The van der Waals surface area contributed by atoms with Crippen molar-refractivity contribution < 1.29 is 0 Å². The van der Waals surface area contributed by atoms with Crippen LogP contribution in [0.15, 0.2) is 54.7 Å². The summed E-state index contributed by atoms with van der Waals surface area (Å²) < 4.78 is 0. The van der Waals surface area contributed by atoms with E-state index in [9.17, 15) is 24.0 Å². The maximum Gasteiger partial charge on any atom is 0.346 e. The molecule has 0 unspecified atom stereocenters. The second-order valence-electron chi connectivity index (χ2n) is 5.73. The Morgan fingerprint density at radius 2 is 1.55 bits per heavy atom. The van der Waals surface area contributed by atoms with Gasteiger partial charge in [0.25, 0.3) is 11.1 Å². The van der Waals surface area contributed by atoms with Crippen LogP contribution in [0.2, 0.25) is 0 Å². The van der Waals surface area contributed by atoms with Crippen molar-refractivity contribution in [3.8, 4) is 0 Å². The molecule has 0 aliphatic carbocycles. The SMILES string of the molecule is C1CSCCN1.Cc1c[nH]c(=O)[nH]c1=O.Nc1cc[nH]c(=O)n1.O=c1cc[nH]c(=O)[nH]1. The lowest BCUT2D eigenvalue weighted by molar-refractivity contribution is 0.756. The number of aromatic nitrogens is 6. The molecule has 4 heterocycles. The van der Waals surface area contributed by atoms with Gasteiger partial charge in [0.2, 0.25) is 0 Å². The lowest BCUT2D eigenvalue weighted by Gasteiger charge is -2.08. The zero-order chi connectivity index (χ0) is 23.1. The number of rotatable bonds is 0. The van der Waals surface area contributed by atoms with Crippen molar-refractivity contribution >= 4 is 17.6 Å². The van der Waals surface area contributed by atoms with Crippen molar-refractivity contribution in [2.75, 3.05) is 30.3 Å². The molecule has 0 radical (unpaired) electrons. The van der Waals surface area contributed by atoms with Crippen molar-refractivity contribution in [3.63, 3.8) is 0 Å². The van der Waals surface area contributed by atoms with Crippen LogP contribution in [-0.4, -0.2) is 54.5 Å². The van der Waals surface area contributed by atoms with Gasteiger partial charge >= 0.3 is 17.1 Å². The van der Waals surface area contributed by atoms with Crippen molar-refractivity contribution in [2.24, 2.45) is 0 Å². The summed E-state index contributed by atoms with van der Waals surface area (Å²) in [5.74, 6) is 2.86. The molecule has 3 aromatic heterocycles. The molecule has 0 amide bonds. The first-order chi connectivity index (χ1) is 14.8. The fourth-order valence-electron chi connectivity index (χ4n) is 1.76. The third kappa shape index (κ3) is 12.5. The van der Waals surface area contributed by atoms with Crippen molar-refractivity contribution in [2.45, 2.75) is 6.92 Å². The minimum Gasteiger partial charge on any atom is -0.383 e. The van der Waals surface area contributed by atoms with Gasteiger partial charge in [-0.1, -0.05) is 0 Å². The number of hydrogen-bond acceptors (Lipinski definition) is 9. The molecule has 1 fully saturated rings. The first-order valence-electron chi connectivity index (χ1n) is 8.94. The molecule has 1 aliphatic heterocycles. The number of nitrogen functional groups attached to an aromatic ring is 1. The molecule has 4 rings (SSSR count). The second-order valence-corrected chi connectivity index (χ2v) is 6.96. The summed E-state index contributed by atoms with van der Waals surface area (Å²) in [4.78, 5) is 65.9. The molecule has 31 heavy (non-hydrogen) atoms. The van der Waals surface area contributed by atoms with Crippen LogP contribution in [0.5, 0.6) is 0 Å². The minimum absolute atomic E-state index is 0.244. The van der Waals surface area contributed by atoms with E-state index < -0.39 is 17.1 Å². The van der Waals surface area contributed by atoms with Crippen LogP contribution in [0.25, 0.3) is 0 Å². The van der Waals surface area contributed by atoms with Gasteiger partial charge in [-0.2, -0.15) is 16.7 Å². The van der Waals surface area contributed by atoms with Gasteiger partial charge in [0.15, 0.2) is 0 Å². The lowest BCUT2D eigenvalue weighted by Crippen LogP contribution is -2.24. The van der Waals surface area contributed by atoms with Crippen LogP contribution in [0, 0.1) is 6.92 Å². The van der Waals surface area contributed by atoms with E-state index in [1.807, 2.05) is 16.7 Å². The number of thioether (sulfide) groups is 1. The Kier molecular flexibility index (Phi) is 11.8. The smallest absolute Gasteiger partial charge is 0.346 e. The summed E-state index contributed by atoms with van der Waals surface area (Å²) in [7, 11) is 0. The predicted molar refractivity (Wildman–Crippen MR) is 120 cm³/mol. The Labute approximate surface area is 179 Å². The molecular formula is C17H24N8O5S. The average Bonchev–Trinajstić information content (AvgIpc) is 2.73. The fourth-order valence-corrected chi connectivity index (χ4v) is 2.54. The molecular weight excluding hydrogens is 428 g/mol. The maximum atomic E-state index is 10.6. The van der Waals surface area contributed by atoms with E-state index in [0.717, 1.165) is 0 Å². The van der Waals surface area contributed by atoms with Gasteiger partial charge in [-0.15, -0.1) is 0 Å². The van der Waals surface area contributed by atoms with Crippen LogP contribution < -0.4 is 39.2 Å². The second kappa shape index (κ2) is 14.4. The van der Waals surface area contributed by atoms with E-state index in [1.54, 1.807) is 6.92 Å². The molecule has 0 spiro atoms. The summed E-state index contributed by atoms with van der Waals surface area (Å²) in [5, 5.41) is 3.26. The molecule has 1 saturated heterocycles. The average molecular weight is 452 g/mol. The topological polar surface area (TPSA) is 215 Å². The molecule has 0 aromatic carbocycles. The van der Waals surface area contributed by atoms with Crippen LogP contribution in [0.3, 0.4) is 0 Å². The molecule has 168 valence electrons. The number of H-pyrrole nitrogens is 5. The van der Waals surface area contributed by atoms with Gasteiger partial charge in [-0.3, -0.25) is 19.6 Å². The van der Waals surface area contributed by atoms with Gasteiger partial charge in [0.1, 0.15) is 5.82 Å². The zero-order valence-corrected chi connectivity index (χ0v) is 17.5. The number of anilines is 1. The molecule has 13 nitrogen and oxygen atoms in total. The molecule has 14 heteroatoms. The van der Waals surface area contributed by atoms with Gasteiger partial charge in [0.05, 0.1) is 0 Å². The fraction of sp³-hybridized carbons (Fsp3) is 0.294. The Hall–Kier alpha value is -3.65. The number of aryl methyl sites for hydroxylation is 1. The molecule has 8 N–H and O–H groups in total. The van der Waals surface area contributed by atoms with E-state index in [2.05, 4.69) is 30.2 Å². The predicted octanol–water partition coefficient (Wildman–Crippen LogP) is -1.89. The highest BCUT2D eigenvalue weighted by Gasteiger charge is 1.93.